The van der Waals surface area contributed by atoms with E-state index in [0.717, 1.165) is 4.90 Å². The van der Waals surface area contributed by atoms with Crippen LogP contribution in [0.1, 0.15) is 16.8 Å². The lowest BCUT2D eigenvalue weighted by atomic mass is 9.99. The molecule has 1 aromatic rings. The first kappa shape index (κ1) is 13.9. The lowest BCUT2D eigenvalue weighted by Gasteiger charge is -2.21. The zero-order chi connectivity index (χ0) is 15.0. The fourth-order valence-corrected chi connectivity index (χ4v) is 3.38. The number of hydrogen-bond acceptors (Lipinski definition) is 4. The van der Waals surface area contributed by atoms with Gasteiger partial charge in [-0.1, -0.05) is 12.1 Å². The number of imide groups is 1. The number of benzene rings is 1. The van der Waals surface area contributed by atoms with Crippen molar-refractivity contribution in [1.29, 1.82) is 0 Å². The summed E-state index contributed by atoms with van der Waals surface area (Å²) in [5.74, 6) is -0.452. The molecule has 110 valence electrons. The topological polar surface area (TPSA) is 78.5 Å². The second-order valence-corrected chi connectivity index (χ2v) is 6.02. The molecule has 2 saturated heterocycles. The highest BCUT2D eigenvalue weighted by Gasteiger charge is 2.51. The van der Waals surface area contributed by atoms with E-state index in [2.05, 4.69) is 10.6 Å². The Balaban J connectivity index is 1.82. The molecule has 1 unspecified atom stereocenters. The molecule has 1 aromatic carbocycles. The van der Waals surface area contributed by atoms with E-state index in [4.69, 9.17) is 0 Å². The first-order valence-corrected chi connectivity index (χ1v) is 7.84. The number of thioether (sulfide) groups is 1. The molecule has 2 aliphatic rings. The minimum absolute atomic E-state index is 0.106. The molecule has 4 amide bonds. The molecule has 2 aliphatic heterocycles. The van der Waals surface area contributed by atoms with Crippen molar-refractivity contribution < 1.29 is 14.4 Å². The number of nitrogens with one attached hydrogen (secondary N) is 2. The van der Waals surface area contributed by atoms with E-state index in [-0.39, 0.29) is 18.4 Å². The zero-order valence-electron chi connectivity index (χ0n) is 11.5. The van der Waals surface area contributed by atoms with Crippen LogP contribution in [0.3, 0.4) is 0 Å². The molecule has 0 aromatic heterocycles. The lowest BCUT2D eigenvalue weighted by molar-refractivity contribution is -0.123. The first-order valence-electron chi connectivity index (χ1n) is 6.62. The van der Waals surface area contributed by atoms with Gasteiger partial charge in [-0.3, -0.25) is 14.9 Å². The van der Waals surface area contributed by atoms with E-state index in [1.54, 1.807) is 11.0 Å². The van der Waals surface area contributed by atoms with E-state index in [1.807, 2.05) is 24.5 Å². The van der Waals surface area contributed by atoms with Crippen LogP contribution in [-0.4, -0.2) is 47.6 Å². The molecular weight excluding hydrogens is 290 g/mol. The Labute approximate surface area is 126 Å². The molecule has 2 heterocycles. The highest BCUT2D eigenvalue weighted by molar-refractivity contribution is 7.98. The summed E-state index contributed by atoms with van der Waals surface area (Å²) in [6, 6.07) is 6.90. The van der Waals surface area contributed by atoms with Crippen molar-refractivity contribution in [3.63, 3.8) is 0 Å². The maximum absolute atomic E-state index is 12.6. The zero-order valence-corrected chi connectivity index (χ0v) is 12.3. The summed E-state index contributed by atoms with van der Waals surface area (Å²) in [7, 11) is 0. The average molecular weight is 305 g/mol. The number of hydrogen-bond donors (Lipinski definition) is 2. The molecule has 0 aliphatic carbocycles. The van der Waals surface area contributed by atoms with Gasteiger partial charge in [0.2, 0.25) is 0 Å². The SMILES string of the molecule is CSc1ccccc1C(=O)N1CCC2(C1)NC(=O)NC2=O. The third-order valence-electron chi connectivity index (χ3n) is 3.91. The van der Waals surface area contributed by atoms with Gasteiger partial charge in [-0.15, -0.1) is 11.8 Å². The van der Waals surface area contributed by atoms with Crippen LogP contribution in [0.4, 0.5) is 4.79 Å². The van der Waals surface area contributed by atoms with Gasteiger partial charge in [0, 0.05) is 11.4 Å². The summed E-state index contributed by atoms with van der Waals surface area (Å²) in [6.07, 6.45) is 2.36. The molecule has 1 atom stereocenters. The second-order valence-electron chi connectivity index (χ2n) is 5.17. The summed E-state index contributed by atoms with van der Waals surface area (Å²) in [4.78, 5) is 38.4. The molecule has 3 rings (SSSR count). The third-order valence-corrected chi connectivity index (χ3v) is 4.70. The van der Waals surface area contributed by atoms with Crippen LogP contribution in [0.25, 0.3) is 0 Å². The van der Waals surface area contributed by atoms with Crippen LogP contribution in [0, 0.1) is 0 Å². The third kappa shape index (κ3) is 2.27. The quantitative estimate of drug-likeness (QED) is 0.627. The molecule has 1 spiro atoms. The average Bonchev–Trinajstić information content (AvgIpc) is 3.02. The van der Waals surface area contributed by atoms with Crippen molar-refractivity contribution in [3.8, 4) is 0 Å². The highest BCUT2D eigenvalue weighted by atomic mass is 32.2. The molecule has 0 saturated carbocycles. The van der Waals surface area contributed by atoms with E-state index in [9.17, 15) is 14.4 Å². The maximum atomic E-state index is 12.6. The van der Waals surface area contributed by atoms with Crippen LogP contribution in [0.2, 0.25) is 0 Å². The fourth-order valence-electron chi connectivity index (χ4n) is 2.79. The van der Waals surface area contributed by atoms with E-state index >= 15 is 0 Å². The standard InChI is InChI=1S/C14H15N3O3S/c1-21-10-5-3-2-4-9(10)11(18)17-7-6-14(8-17)12(19)15-13(20)16-14/h2-5H,6-8H2,1H3,(H2,15,16,19,20). The molecule has 21 heavy (non-hydrogen) atoms. The minimum Gasteiger partial charge on any atom is -0.336 e. The molecule has 6 nitrogen and oxygen atoms in total. The summed E-state index contributed by atoms with van der Waals surface area (Å²) in [5.41, 5.74) is -0.326. The Kier molecular flexibility index (Phi) is 3.36. The summed E-state index contributed by atoms with van der Waals surface area (Å²) in [5, 5.41) is 4.89. The molecular formula is C14H15N3O3S. The number of rotatable bonds is 2. The Morgan fingerprint density at radius 3 is 2.76 bits per heavy atom. The van der Waals surface area contributed by atoms with Gasteiger partial charge in [-0.05, 0) is 24.8 Å². The van der Waals surface area contributed by atoms with Crippen molar-refractivity contribution in [1.82, 2.24) is 15.5 Å². The van der Waals surface area contributed by atoms with Crippen molar-refractivity contribution in [3.05, 3.63) is 29.8 Å². The smallest absolute Gasteiger partial charge is 0.322 e. The number of amides is 4. The van der Waals surface area contributed by atoms with Gasteiger partial charge < -0.3 is 10.2 Å². The highest BCUT2D eigenvalue weighted by Crippen LogP contribution is 2.28. The van der Waals surface area contributed by atoms with Crippen LogP contribution in [-0.2, 0) is 4.79 Å². The van der Waals surface area contributed by atoms with Crippen LogP contribution in [0.5, 0.6) is 0 Å². The Hall–Kier alpha value is -2.02. The fraction of sp³-hybridized carbons (Fsp3) is 0.357. The summed E-state index contributed by atoms with van der Waals surface area (Å²) in [6.45, 7) is 0.668. The van der Waals surface area contributed by atoms with Crippen molar-refractivity contribution in [2.45, 2.75) is 16.9 Å². The normalized spacial score (nSPS) is 24.3. The van der Waals surface area contributed by atoms with Crippen molar-refractivity contribution in [2.75, 3.05) is 19.3 Å². The number of carbonyl (C=O) groups excluding carboxylic acids is 3. The van der Waals surface area contributed by atoms with Gasteiger partial charge in [0.25, 0.3) is 11.8 Å². The van der Waals surface area contributed by atoms with E-state index < -0.39 is 11.6 Å². The van der Waals surface area contributed by atoms with Gasteiger partial charge in [-0.25, -0.2) is 4.79 Å². The van der Waals surface area contributed by atoms with Crippen molar-refractivity contribution >= 4 is 29.6 Å². The Morgan fingerprint density at radius 2 is 2.10 bits per heavy atom. The van der Waals surface area contributed by atoms with Gasteiger partial charge in [0.15, 0.2) is 0 Å². The predicted molar refractivity (Wildman–Crippen MR) is 78.1 cm³/mol. The summed E-state index contributed by atoms with van der Waals surface area (Å²) >= 11 is 1.51. The minimum atomic E-state index is -0.957. The number of urea groups is 1. The van der Waals surface area contributed by atoms with Gasteiger partial charge in [0.1, 0.15) is 5.54 Å². The monoisotopic (exact) mass is 305 g/mol. The lowest BCUT2D eigenvalue weighted by Crippen LogP contribution is -2.49. The van der Waals surface area contributed by atoms with Gasteiger partial charge in [0.05, 0.1) is 12.1 Å². The molecule has 7 heteroatoms. The van der Waals surface area contributed by atoms with Crippen LogP contribution in [0.15, 0.2) is 29.2 Å². The summed E-state index contributed by atoms with van der Waals surface area (Å²) < 4.78 is 0. The second kappa shape index (κ2) is 5.07. The number of likely N-dealkylation sites (tertiary alicyclic amines) is 1. The maximum Gasteiger partial charge on any atom is 0.322 e. The Morgan fingerprint density at radius 1 is 1.33 bits per heavy atom. The van der Waals surface area contributed by atoms with Crippen molar-refractivity contribution in [2.24, 2.45) is 0 Å². The predicted octanol–water partition coefficient (Wildman–Crippen LogP) is 0.833. The number of carbonyl (C=O) groups is 3. The van der Waals surface area contributed by atoms with Gasteiger partial charge in [-0.2, -0.15) is 0 Å². The largest absolute Gasteiger partial charge is 0.336 e. The van der Waals surface area contributed by atoms with Crippen LogP contribution >= 0.6 is 11.8 Å². The van der Waals surface area contributed by atoms with Crippen LogP contribution < -0.4 is 10.6 Å². The van der Waals surface area contributed by atoms with E-state index in [1.165, 1.54) is 11.8 Å². The molecule has 0 bridgehead atoms. The molecule has 2 fully saturated rings. The van der Waals surface area contributed by atoms with E-state index in [0.29, 0.717) is 18.5 Å². The Bertz CT molecular complexity index is 634. The van der Waals surface area contributed by atoms with Gasteiger partial charge >= 0.3 is 6.03 Å². The molecule has 0 radical (unpaired) electrons. The first-order chi connectivity index (χ1) is 10.1. The number of nitrogens with zero attached hydrogens (tertiary/aromatic N) is 1. The molecule has 2 N–H and O–H groups in total.